The van der Waals surface area contributed by atoms with E-state index in [4.69, 9.17) is 4.74 Å². The second kappa shape index (κ2) is 4.56. The maximum Gasteiger partial charge on any atom is 0.308 e. The molecule has 1 aliphatic heterocycles. The van der Waals surface area contributed by atoms with Crippen molar-refractivity contribution in [1.82, 2.24) is 0 Å². The number of hydrogen-bond donors (Lipinski definition) is 0. The van der Waals surface area contributed by atoms with Gasteiger partial charge in [0.25, 0.3) is 0 Å². The largest absolute Gasteiger partial charge is 0.427 e. The SMILES string of the molecule is CC(=O)Oc1cccc(N2C(=O)[C@@H]3[C@H]4C=C[C@@H]([C@@H]5C[C@@H]45)[C@@H]3C2=O)c1. The van der Waals surface area contributed by atoms with E-state index < -0.39 is 5.97 Å². The minimum Gasteiger partial charge on any atom is -0.427 e. The molecule has 0 N–H and O–H groups in total. The topological polar surface area (TPSA) is 63.7 Å². The fourth-order valence-electron chi connectivity index (χ4n) is 5.06. The summed E-state index contributed by atoms with van der Waals surface area (Å²) in [7, 11) is 0. The highest BCUT2D eigenvalue weighted by Gasteiger charge is 2.67. The maximum atomic E-state index is 13.0. The molecule has 0 aromatic heterocycles. The van der Waals surface area contributed by atoms with Crippen molar-refractivity contribution in [1.29, 1.82) is 0 Å². The fourth-order valence-corrected chi connectivity index (χ4v) is 5.06. The highest BCUT2D eigenvalue weighted by Crippen LogP contribution is 2.65. The molecule has 0 unspecified atom stereocenters. The molecule has 122 valence electrons. The summed E-state index contributed by atoms with van der Waals surface area (Å²) in [5.41, 5.74) is 0.492. The summed E-state index contributed by atoms with van der Waals surface area (Å²) >= 11 is 0. The first kappa shape index (κ1) is 14.0. The Hall–Kier alpha value is -2.43. The van der Waals surface area contributed by atoms with Crippen LogP contribution in [0.15, 0.2) is 36.4 Å². The van der Waals surface area contributed by atoms with Crippen LogP contribution in [0.3, 0.4) is 0 Å². The molecule has 0 spiro atoms. The molecule has 2 saturated carbocycles. The van der Waals surface area contributed by atoms with Gasteiger partial charge in [0.05, 0.1) is 17.5 Å². The summed E-state index contributed by atoms with van der Waals surface area (Å²) in [6, 6.07) is 6.64. The number of amides is 2. The predicted octanol–water partition coefficient (Wildman–Crippen LogP) is 2.17. The van der Waals surface area contributed by atoms with E-state index in [9.17, 15) is 14.4 Å². The molecular weight excluding hydrogens is 306 g/mol. The monoisotopic (exact) mass is 323 g/mol. The van der Waals surface area contributed by atoms with Crippen molar-refractivity contribution < 1.29 is 19.1 Å². The van der Waals surface area contributed by atoms with Gasteiger partial charge in [-0.3, -0.25) is 14.4 Å². The summed E-state index contributed by atoms with van der Waals surface area (Å²) in [5.74, 6) is 0.884. The first-order valence-corrected chi connectivity index (χ1v) is 8.41. The summed E-state index contributed by atoms with van der Waals surface area (Å²) in [6.45, 7) is 1.32. The van der Waals surface area contributed by atoms with Crippen molar-refractivity contribution in [2.75, 3.05) is 4.90 Å². The van der Waals surface area contributed by atoms with Crippen molar-refractivity contribution in [3.63, 3.8) is 0 Å². The lowest BCUT2D eigenvalue weighted by Gasteiger charge is -2.37. The number of carbonyl (C=O) groups is 3. The number of carbonyl (C=O) groups excluding carboxylic acids is 3. The molecule has 5 aliphatic rings. The van der Waals surface area contributed by atoms with Crippen LogP contribution in [0.4, 0.5) is 5.69 Å². The van der Waals surface area contributed by atoms with E-state index in [1.54, 1.807) is 24.3 Å². The maximum absolute atomic E-state index is 13.0. The van der Waals surface area contributed by atoms with Crippen LogP contribution in [0, 0.1) is 35.5 Å². The van der Waals surface area contributed by atoms with Crippen molar-refractivity contribution in [2.45, 2.75) is 13.3 Å². The minimum absolute atomic E-state index is 0.102. The number of imide groups is 1. The number of anilines is 1. The van der Waals surface area contributed by atoms with Gasteiger partial charge in [0.15, 0.2) is 0 Å². The second-order valence-electron chi connectivity index (χ2n) is 7.26. The van der Waals surface area contributed by atoms with E-state index in [-0.39, 0.29) is 35.5 Å². The normalized spacial score (nSPS) is 38.1. The molecular formula is C19H17NO4. The second-order valence-corrected chi connectivity index (χ2v) is 7.26. The molecule has 4 aliphatic carbocycles. The first-order valence-electron chi connectivity index (χ1n) is 8.41. The average molecular weight is 323 g/mol. The van der Waals surface area contributed by atoms with Gasteiger partial charge in [-0.2, -0.15) is 0 Å². The summed E-state index contributed by atoms with van der Waals surface area (Å²) in [6.07, 6.45) is 5.46. The lowest BCUT2D eigenvalue weighted by atomic mass is 9.63. The van der Waals surface area contributed by atoms with Gasteiger partial charge in [0.2, 0.25) is 11.8 Å². The van der Waals surface area contributed by atoms with Gasteiger partial charge in [0, 0.05) is 13.0 Å². The summed E-state index contributed by atoms with van der Waals surface area (Å²) < 4.78 is 5.08. The zero-order valence-corrected chi connectivity index (χ0v) is 13.2. The third-order valence-electron chi connectivity index (χ3n) is 6.00. The van der Waals surface area contributed by atoms with Crippen LogP contribution >= 0.6 is 0 Å². The Balaban J connectivity index is 1.51. The highest BCUT2D eigenvalue weighted by atomic mass is 16.5. The zero-order chi connectivity index (χ0) is 16.6. The van der Waals surface area contributed by atoms with Gasteiger partial charge in [0.1, 0.15) is 5.75 Å². The first-order chi connectivity index (χ1) is 11.6. The number of benzene rings is 1. The predicted molar refractivity (Wildman–Crippen MR) is 84.9 cm³/mol. The lowest BCUT2D eigenvalue weighted by molar-refractivity contribution is -0.132. The Morgan fingerprint density at radius 1 is 1.08 bits per heavy atom. The van der Waals surface area contributed by atoms with Gasteiger partial charge in [-0.15, -0.1) is 0 Å². The smallest absolute Gasteiger partial charge is 0.308 e. The fraction of sp³-hybridized carbons (Fsp3) is 0.421. The van der Waals surface area contributed by atoms with Gasteiger partial charge < -0.3 is 4.74 Å². The minimum atomic E-state index is -0.428. The number of nitrogens with zero attached hydrogens (tertiary/aromatic N) is 1. The molecule has 1 heterocycles. The molecule has 2 bridgehead atoms. The molecule has 5 heteroatoms. The molecule has 5 nitrogen and oxygen atoms in total. The standard InChI is InChI=1S/C19H17NO4/c1-9(21)24-11-4-2-3-10(7-11)20-18(22)16-12-5-6-13(15-8-14(12)15)17(16)19(20)23/h2-7,12-17H,8H2,1H3/t12-,13-,14-,15-,16-,17+/m0/s1. The Bertz CT molecular complexity index is 777. The van der Waals surface area contributed by atoms with Crippen LogP contribution in [-0.4, -0.2) is 17.8 Å². The Kier molecular flexibility index (Phi) is 2.65. The third-order valence-corrected chi connectivity index (χ3v) is 6.00. The van der Waals surface area contributed by atoms with Crippen LogP contribution in [0.2, 0.25) is 0 Å². The van der Waals surface area contributed by atoms with E-state index in [0.717, 1.165) is 6.42 Å². The number of esters is 1. The Morgan fingerprint density at radius 2 is 1.71 bits per heavy atom. The van der Waals surface area contributed by atoms with E-state index in [1.807, 2.05) is 0 Å². The molecule has 3 fully saturated rings. The number of hydrogen-bond acceptors (Lipinski definition) is 4. The van der Waals surface area contributed by atoms with E-state index in [0.29, 0.717) is 23.3 Å². The van der Waals surface area contributed by atoms with Crippen molar-refractivity contribution in [3.05, 3.63) is 36.4 Å². The Labute approximate surface area is 139 Å². The average Bonchev–Trinajstić information content (AvgIpc) is 3.31. The zero-order valence-electron chi connectivity index (χ0n) is 13.2. The van der Waals surface area contributed by atoms with E-state index in [2.05, 4.69) is 12.2 Å². The number of ether oxygens (including phenoxy) is 1. The molecule has 1 saturated heterocycles. The van der Waals surface area contributed by atoms with Crippen molar-refractivity contribution >= 4 is 23.5 Å². The number of rotatable bonds is 2. The number of allylic oxidation sites excluding steroid dienone is 2. The van der Waals surface area contributed by atoms with Crippen LogP contribution in [0.25, 0.3) is 0 Å². The molecule has 24 heavy (non-hydrogen) atoms. The third kappa shape index (κ3) is 1.72. The quantitative estimate of drug-likeness (QED) is 0.362. The highest BCUT2D eigenvalue weighted by molar-refractivity contribution is 6.22. The van der Waals surface area contributed by atoms with Gasteiger partial charge in [-0.1, -0.05) is 18.2 Å². The van der Waals surface area contributed by atoms with Crippen LogP contribution in [0.1, 0.15) is 13.3 Å². The molecule has 2 amide bonds. The van der Waals surface area contributed by atoms with Gasteiger partial charge in [-0.05, 0) is 42.2 Å². The van der Waals surface area contributed by atoms with Crippen LogP contribution in [0.5, 0.6) is 5.75 Å². The van der Waals surface area contributed by atoms with Crippen LogP contribution in [-0.2, 0) is 14.4 Å². The van der Waals surface area contributed by atoms with E-state index >= 15 is 0 Å². The molecule has 0 radical (unpaired) electrons. The molecule has 1 aromatic carbocycles. The van der Waals surface area contributed by atoms with Crippen molar-refractivity contribution in [2.24, 2.45) is 35.5 Å². The van der Waals surface area contributed by atoms with Gasteiger partial charge >= 0.3 is 5.97 Å². The van der Waals surface area contributed by atoms with Crippen molar-refractivity contribution in [3.8, 4) is 5.75 Å². The van der Waals surface area contributed by atoms with Crippen LogP contribution < -0.4 is 9.64 Å². The van der Waals surface area contributed by atoms with Gasteiger partial charge in [-0.25, -0.2) is 4.90 Å². The molecule has 6 atom stereocenters. The molecule has 6 rings (SSSR count). The molecule has 1 aromatic rings. The summed E-state index contributed by atoms with van der Waals surface area (Å²) in [4.78, 5) is 38.4. The lowest BCUT2D eigenvalue weighted by Crippen LogP contribution is -2.40. The Morgan fingerprint density at radius 3 is 2.29 bits per heavy atom. The summed E-state index contributed by atoms with van der Waals surface area (Å²) in [5, 5.41) is 0. The van der Waals surface area contributed by atoms with E-state index in [1.165, 1.54) is 11.8 Å².